The van der Waals surface area contributed by atoms with Crippen molar-refractivity contribution in [1.82, 2.24) is 10.2 Å². The van der Waals surface area contributed by atoms with Crippen LogP contribution in [0.25, 0.3) is 16.7 Å². The summed E-state index contributed by atoms with van der Waals surface area (Å²) < 4.78 is 0. The minimum atomic E-state index is -0.438. The zero-order chi connectivity index (χ0) is 39.1. The van der Waals surface area contributed by atoms with Gasteiger partial charge in [0.1, 0.15) is 18.2 Å². The van der Waals surface area contributed by atoms with Gasteiger partial charge in [-0.15, -0.1) is 0 Å². The maximum Gasteiger partial charge on any atom is 0.132 e. The van der Waals surface area contributed by atoms with E-state index in [9.17, 15) is 0 Å². The molecule has 0 radical (unpaired) electrons. The molecule has 58 heavy (non-hydrogen) atoms. The Morgan fingerprint density at radius 3 is 1.81 bits per heavy atom. The van der Waals surface area contributed by atoms with Crippen molar-refractivity contribution < 1.29 is 0 Å². The van der Waals surface area contributed by atoms with E-state index in [4.69, 9.17) is 4.99 Å². The van der Waals surface area contributed by atoms with Crippen molar-refractivity contribution in [3.8, 4) is 11.1 Å². The van der Waals surface area contributed by atoms with Crippen LogP contribution in [-0.4, -0.2) is 17.8 Å². The van der Waals surface area contributed by atoms with Crippen molar-refractivity contribution in [3.05, 3.63) is 250 Å². The van der Waals surface area contributed by atoms with Gasteiger partial charge in [0, 0.05) is 16.9 Å². The van der Waals surface area contributed by atoms with E-state index in [2.05, 4.69) is 230 Å². The number of benzene rings is 7. The number of amidine groups is 1. The molecule has 3 atom stereocenters. The number of hydrogen-bond acceptors (Lipinski definition) is 4. The smallest absolute Gasteiger partial charge is 0.132 e. The fraction of sp³-hybridized carbons (Fsp3) is 0.130. The predicted octanol–water partition coefficient (Wildman–Crippen LogP) is 12.2. The third kappa shape index (κ3) is 6.09. The molecule has 0 bridgehead atoms. The molecule has 7 aromatic carbocycles. The third-order valence-corrected chi connectivity index (χ3v) is 12.3. The lowest BCUT2D eigenvalue weighted by atomic mass is 9.63. The molecule has 10 rings (SSSR count). The summed E-state index contributed by atoms with van der Waals surface area (Å²) in [5.41, 5.74) is 15.7. The molecule has 7 aromatic rings. The van der Waals surface area contributed by atoms with Gasteiger partial charge in [-0.2, -0.15) is 0 Å². The Labute approximate surface area is 342 Å². The molecule has 2 aliphatic carbocycles. The molecule has 3 aliphatic rings. The molecular weight excluding hydrogens is 705 g/mol. The molecule has 4 heteroatoms. The van der Waals surface area contributed by atoms with E-state index in [1.807, 2.05) is 0 Å². The number of hydrogen-bond donors (Lipinski definition) is 2. The molecule has 0 saturated carbocycles. The molecule has 4 nitrogen and oxygen atoms in total. The Balaban J connectivity index is 1.12. The topological polar surface area (TPSA) is 39.7 Å². The first kappa shape index (κ1) is 35.6. The molecule has 282 valence electrons. The molecule has 0 spiro atoms. The summed E-state index contributed by atoms with van der Waals surface area (Å²) in [6, 6.07) is 70.1. The largest absolute Gasteiger partial charge is 0.355 e. The molecule has 3 unspecified atom stereocenters. The fourth-order valence-corrected chi connectivity index (χ4v) is 9.77. The lowest BCUT2D eigenvalue weighted by molar-refractivity contribution is 0.152. The van der Waals surface area contributed by atoms with Crippen LogP contribution >= 0.6 is 0 Å². The molecular formula is C54H46N4. The van der Waals surface area contributed by atoms with Crippen LogP contribution in [0.4, 0.5) is 5.69 Å². The van der Waals surface area contributed by atoms with Crippen molar-refractivity contribution in [1.29, 1.82) is 0 Å². The van der Waals surface area contributed by atoms with Crippen LogP contribution in [0.15, 0.2) is 216 Å². The van der Waals surface area contributed by atoms with Crippen molar-refractivity contribution in [3.63, 3.8) is 0 Å². The van der Waals surface area contributed by atoms with Gasteiger partial charge in [0.05, 0.1) is 5.41 Å². The van der Waals surface area contributed by atoms with E-state index < -0.39 is 5.41 Å². The highest BCUT2D eigenvalue weighted by molar-refractivity contribution is 5.99. The van der Waals surface area contributed by atoms with Gasteiger partial charge in [-0.1, -0.05) is 189 Å². The summed E-state index contributed by atoms with van der Waals surface area (Å²) in [7, 11) is 2.16. The first-order chi connectivity index (χ1) is 28.6. The van der Waals surface area contributed by atoms with Gasteiger partial charge in [-0.3, -0.25) is 4.90 Å². The number of rotatable bonds is 8. The van der Waals surface area contributed by atoms with Gasteiger partial charge in [0.15, 0.2) is 0 Å². The second kappa shape index (κ2) is 15.0. The second-order valence-corrected chi connectivity index (χ2v) is 15.8. The fourth-order valence-electron chi connectivity index (χ4n) is 9.77. The van der Waals surface area contributed by atoms with Crippen molar-refractivity contribution in [2.75, 3.05) is 12.4 Å². The number of allylic oxidation sites excluding steroid dienone is 3. The lowest BCUT2D eigenvalue weighted by Crippen LogP contribution is -2.45. The third-order valence-electron chi connectivity index (χ3n) is 12.3. The SMILES string of the molecule is CC1CC(C2(c3ccccc3)c3ccccc3-c3ccccc32)=CC(Nc2cccc(C3N=C(c4ccccc4)NC(c4ccccc4)N3C)c2)=C1c1ccccc1. The van der Waals surface area contributed by atoms with E-state index in [1.165, 1.54) is 50.1 Å². The molecule has 0 fully saturated rings. The molecule has 2 N–H and O–H groups in total. The monoisotopic (exact) mass is 750 g/mol. The minimum Gasteiger partial charge on any atom is -0.355 e. The van der Waals surface area contributed by atoms with Crippen LogP contribution in [0.3, 0.4) is 0 Å². The number of anilines is 1. The number of fused-ring (bicyclic) bond motifs is 3. The quantitative estimate of drug-likeness (QED) is 0.162. The van der Waals surface area contributed by atoms with E-state index in [0.29, 0.717) is 0 Å². The maximum absolute atomic E-state index is 5.37. The minimum absolute atomic E-state index is 0.0565. The zero-order valence-electron chi connectivity index (χ0n) is 32.9. The van der Waals surface area contributed by atoms with Crippen molar-refractivity contribution >= 4 is 17.1 Å². The van der Waals surface area contributed by atoms with E-state index >= 15 is 0 Å². The van der Waals surface area contributed by atoms with Crippen LogP contribution in [0, 0.1) is 5.92 Å². The molecule has 0 amide bonds. The lowest BCUT2D eigenvalue weighted by Gasteiger charge is -2.40. The van der Waals surface area contributed by atoms with Crippen LogP contribution in [0.1, 0.15) is 64.6 Å². The summed E-state index contributed by atoms with van der Waals surface area (Å²) in [5, 5.41) is 7.78. The van der Waals surface area contributed by atoms with Gasteiger partial charge in [0.25, 0.3) is 0 Å². The average Bonchev–Trinajstić information content (AvgIpc) is 3.59. The van der Waals surface area contributed by atoms with Gasteiger partial charge in [-0.25, -0.2) is 4.99 Å². The average molecular weight is 751 g/mol. The Bertz CT molecular complexity index is 2640. The normalized spacial score (nSPS) is 19.7. The van der Waals surface area contributed by atoms with E-state index in [-0.39, 0.29) is 18.2 Å². The summed E-state index contributed by atoms with van der Waals surface area (Å²) in [6.45, 7) is 2.40. The molecule has 0 aromatic heterocycles. The van der Waals surface area contributed by atoms with Gasteiger partial charge in [-0.05, 0) is 93.2 Å². The van der Waals surface area contributed by atoms with Crippen molar-refractivity contribution in [2.24, 2.45) is 10.9 Å². The van der Waals surface area contributed by atoms with Gasteiger partial charge < -0.3 is 10.6 Å². The number of aliphatic imine (C=N–C) groups is 1. The summed E-state index contributed by atoms with van der Waals surface area (Å²) >= 11 is 0. The second-order valence-electron chi connectivity index (χ2n) is 15.8. The Hall–Kier alpha value is -6.75. The van der Waals surface area contributed by atoms with Gasteiger partial charge in [0.2, 0.25) is 0 Å². The first-order valence-electron chi connectivity index (χ1n) is 20.4. The molecule has 1 heterocycles. The van der Waals surface area contributed by atoms with E-state index in [1.54, 1.807) is 0 Å². The molecule has 1 aliphatic heterocycles. The van der Waals surface area contributed by atoms with E-state index in [0.717, 1.165) is 34.8 Å². The zero-order valence-corrected chi connectivity index (χ0v) is 32.9. The summed E-state index contributed by atoms with van der Waals surface area (Å²) in [6.07, 6.45) is 3.13. The number of nitrogens with one attached hydrogen (secondary N) is 2. The van der Waals surface area contributed by atoms with Crippen LogP contribution < -0.4 is 10.6 Å². The van der Waals surface area contributed by atoms with Crippen LogP contribution in [-0.2, 0) is 5.41 Å². The maximum atomic E-state index is 5.37. The van der Waals surface area contributed by atoms with Gasteiger partial charge >= 0.3 is 0 Å². The summed E-state index contributed by atoms with van der Waals surface area (Å²) in [5.74, 6) is 1.14. The van der Waals surface area contributed by atoms with Crippen LogP contribution in [0.5, 0.6) is 0 Å². The standard InChI is InChI=1S/C54H46N4/c1-37-34-43(54(42-27-13-6-14-28-42)47-32-17-15-30-45(47)46-31-16-18-33-48(46)54)36-49(50(37)38-20-7-3-8-21-38)55-44-29-19-26-41(35-44)53-57-51(39-22-9-4-10-23-39)56-52(58(53)2)40-24-11-5-12-25-40/h3-33,35-37,52-53,55H,34H2,1-2H3,(H,56,57). The first-order valence-corrected chi connectivity index (χ1v) is 20.4. The highest BCUT2D eigenvalue weighted by Crippen LogP contribution is 2.59. The highest BCUT2D eigenvalue weighted by atomic mass is 15.4. The van der Waals surface area contributed by atoms with Crippen molar-refractivity contribution in [2.45, 2.75) is 31.1 Å². The molecule has 0 saturated heterocycles. The highest BCUT2D eigenvalue weighted by Gasteiger charge is 2.48. The Morgan fingerprint density at radius 2 is 1.16 bits per heavy atom. The summed E-state index contributed by atoms with van der Waals surface area (Å²) in [4.78, 5) is 7.70. The predicted molar refractivity (Wildman–Crippen MR) is 239 cm³/mol. The Kier molecular flexibility index (Phi) is 9.20. The Morgan fingerprint density at radius 1 is 0.603 bits per heavy atom. The van der Waals surface area contributed by atoms with Crippen LogP contribution in [0.2, 0.25) is 0 Å². The number of nitrogens with zero attached hydrogens (tertiary/aromatic N) is 2.